The largest absolute Gasteiger partial charge is 0.493 e. The molecule has 0 bridgehead atoms. The lowest BCUT2D eigenvalue weighted by molar-refractivity contribution is 0.208. The third kappa shape index (κ3) is 3.94. The lowest BCUT2D eigenvalue weighted by atomic mass is 10.2. The van der Waals surface area contributed by atoms with E-state index in [0.29, 0.717) is 33.0 Å². The zero-order valence-electron chi connectivity index (χ0n) is 15.7. The number of ether oxygens (including phenoxy) is 2. The van der Waals surface area contributed by atoms with E-state index in [0.717, 1.165) is 11.1 Å². The van der Waals surface area contributed by atoms with Crippen LogP contribution in [0.2, 0.25) is 5.02 Å². The highest BCUT2D eigenvalue weighted by Gasteiger charge is 2.14. The van der Waals surface area contributed by atoms with Crippen LogP contribution >= 0.6 is 11.6 Å². The highest BCUT2D eigenvalue weighted by atomic mass is 35.5. The molecule has 0 spiro atoms. The Morgan fingerprint density at radius 2 is 2.04 bits per heavy atom. The lowest BCUT2D eigenvalue weighted by Crippen LogP contribution is -2.32. The Morgan fingerprint density at radius 3 is 2.75 bits per heavy atom. The minimum absolute atomic E-state index is 0.0272. The molecule has 0 radical (unpaired) electrons. The maximum atomic E-state index is 12.5. The van der Waals surface area contributed by atoms with E-state index in [-0.39, 0.29) is 6.10 Å². The fraction of sp³-hybridized carbons (Fsp3) is 0.250. The molecule has 28 heavy (non-hydrogen) atoms. The second-order valence-electron chi connectivity index (χ2n) is 6.21. The van der Waals surface area contributed by atoms with Crippen LogP contribution in [0.15, 0.2) is 51.1 Å². The zero-order valence-corrected chi connectivity index (χ0v) is 16.5. The van der Waals surface area contributed by atoms with Crippen molar-refractivity contribution in [2.24, 2.45) is 5.10 Å². The van der Waals surface area contributed by atoms with E-state index in [4.69, 9.17) is 21.1 Å². The van der Waals surface area contributed by atoms with Gasteiger partial charge >= 0.3 is 5.69 Å². The van der Waals surface area contributed by atoms with E-state index in [1.807, 2.05) is 13.8 Å². The van der Waals surface area contributed by atoms with Gasteiger partial charge in [-0.25, -0.2) is 4.79 Å². The first-order valence-electron chi connectivity index (χ1n) is 8.77. The zero-order chi connectivity index (χ0) is 20.3. The molecule has 2 aromatic carbocycles. The van der Waals surface area contributed by atoms with Gasteiger partial charge in [0.2, 0.25) is 0 Å². The molecule has 1 aromatic heterocycles. The van der Waals surface area contributed by atoms with Crippen LogP contribution in [-0.4, -0.2) is 29.1 Å². The average molecular weight is 402 g/mol. The number of nitrogens with one attached hydrogen (secondary N) is 1. The van der Waals surface area contributed by atoms with Crippen molar-refractivity contribution in [1.82, 2.24) is 9.66 Å². The highest BCUT2D eigenvalue weighted by molar-refractivity contribution is 6.32. The van der Waals surface area contributed by atoms with Gasteiger partial charge in [-0.05, 0) is 43.2 Å². The molecule has 0 saturated heterocycles. The smallest absolute Gasteiger partial charge is 0.349 e. The number of para-hydroxylation sites is 1. The maximum absolute atomic E-state index is 12.5. The quantitative estimate of drug-likeness (QED) is 0.641. The number of aromatic amines is 1. The first kappa shape index (κ1) is 19.7. The van der Waals surface area contributed by atoms with Crippen molar-refractivity contribution in [3.05, 3.63) is 67.8 Å². The monoisotopic (exact) mass is 401 g/mol. The minimum Gasteiger partial charge on any atom is -0.493 e. The van der Waals surface area contributed by atoms with Crippen molar-refractivity contribution in [3.8, 4) is 11.5 Å². The number of halogens is 1. The van der Waals surface area contributed by atoms with Gasteiger partial charge in [-0.2, -0.15) is 5.10 Å². The van der Waals surface area contributed by atoms with E-state index >= 15 is 0 Å². The average Bonchev–Trinajstić information content (AvgIpc) is 2.69. The topological polar surface area (TPSA) is 85.7 Å². The van der Waals surface area contributed by atoms with E-state index in [1.54, 1.807) is 36.4 Å². The highest BCUT2D eigenvalue weighted by Crippen LogP contribution is 2.37. The molecular formula is C20H20ClN3O4. The van der Waals surface area contributed by atoms with Crippen LogP contribution in [0.1, 0.15) is 25.8 Å². The molecule has 0 unspecified atom stereocenters. The third-order valence-electron chi connectivity index (χ3n) is 4.25. The Hall–Kier alpha value is -3.06. The summed E-state index contributed by atoms with van der Waals surface area (Å²) in [6.07, 6.45) is 2.16. The number of benzene rings is 2. The van der Waals surface area contributed by atoms with Gasteiger partial charge in [-0.1, -0.05) is 30.7 Å². The SMILES string of the molecule is CC[C@H](C)Oc1c(Cl)cc(C=Nn2c(=O)[nH]c3ccccc3c2=O)cc1OC. The molecule has 8 heteroatoms. The predicted molar refractivity (Wildman–Crippen MR) is 110 cm³/mol. The van der Waals surface area contributed by atoms with Crippen molar-refractivity contribution >= 4 is 28.7 Å². The number of fused-ring (bicyclic) bond motifs is 1. The molecule has 7 nitrogen and oxygen atoms in total. The van der Waals surface area contributed by atoms with Crippen molar-refractivity contribution in [3.63, 3.8) is 0 Å². The number of aromatic nitrogens is 2. The molecule has 0 amide bonds. The fourth-order valence-electron chi connectivity index (χ4n) is 2.60. The van der Waals surface area contributed by atoms with Gasteiger partial charge in [-0.3, -0.25) is 4.79 Å². The van der Waals surface area contributed by atoms with Gasteiger partial charge < -0.3 is 14.5 Å². The van der Waals surface area contributed by atoms with Gasteiger partial charge in [0.05, 0.1) is 35.4 Å². The van der Waals surface area contributed by atoms with Gasteiger partial charge in [0, 0.05) is 0 Å². The van der Waals surface area contributed by atoms with Gasteiger partial charge in [0.25, 0.3) is 5.56 Å². The third-order valence-corrected chi connectivity index (χ3v) is 4.53. The summed E-state index contributed by atoms with van der Waals surface area (Å²) in [7, 11) is 1.51. The summed E-state index contributed by atoms with van der Waals surface area (Å²) in [5.41, 5.74) is -0.127. The van der Waals surface area contributed by atoms with Gasteiger partial charge in [0.1, 0.15) is 0 Å². The molecule has 0 aliphatic rings. The summed E-state index contributed by atoms with van der Waals surface area (Å²) in [4.78, 5) is 27.4. The van der Waals surface area contributed by atoms with Crippen LogP contribution in [0.5, 0.6) is 11.5 Å². The Kier molecular flexibility index (Phi) is 5.84. The number of rotatable bonds is 6. The molecule has 3 aromatic rings. The molecule has 0 fully saturated rings. The fourth-order valence-corrected chi connectivity index (χ4v) is 2.86. The van der Waals surface area contributed by atoms with Crippen LogP contribution in [0.25, 0.3) is 10.9 Å². The van der Waals surface area contributed by atoms with E-state index < -0.39 is 11.2 Å². The lowest BCUT2D eigenvalue weighted by Gasteiger charge is -2.17. The molecule has 1 heterocycles. The van der Waals surface area contributed by atoms with Crippen LogP contribution in [0.3, 0.4) is 0 Å². The van der Waals surface area contributed by atoms with Crippen molar-refractivity contribution in [2.75, 3.05) is 7.11 Å². The van der Waals surface area contributed by atoms with Crippen LogP contribution < -0.4 is 20.7 Å². The molecule has 3 rings (SSSR count). The Labute approximate surface area is 166 Å². The van der Waals surface area contributed by atoms with Crippen molar-refractivity contribution in [2.45, 2.75) is 26.4 Å². The number of H-pyrrole nitrogens is 1. The minimum atomic E-state index is -0.630. The summed E-state index contributed by atoms with van der Waals surface area (Å²) in [6.45, 7) is 3.94. The second-order valence-corrected chi connectivity index (χ2v) is 6.62. The van der Waals surface area contributed by atoms with Crippen LogP contribution in [0.4, 0.5) is 0 Å². The van der Waals surface area contributed by atoms with Gasteiger partial charge in [0.15, 0.2) is 11.5 Å². The van der Waals surface area contributed by atoms with E-state index in [9.17, 15) is 9.59 Å². The number of methoxy groups -OCH3 is 1. The predicted octanol–water partition coefficient (Wildman–Crippen LogP) is 3.41. The van der Waals surface area contributed by atoms with E-state index in [2.05, 4.69) is 10.1 Å². The van der Waals surface area contributed by atoms with Crippen LogP contribution in [-0.2, 0) is 0 Å². The number of hydrogen-bond donors (Lipinski definition) is 1. The number of hydrogen-bond acceptors (Lipinski definition) is 5. The van der Waals surface area contributed by atoms with Crippen LogP contribution in [0, 0.1) is 0 Å². The molecule has 146 valence electrons. The first-order valence-corrected chi connectivity index (χ1v) is 9.15. The van der Waals surface area contributed by atoms with E-state index in [1.165, 1.54) is 13.3 Å². The standard InChI is InChI=1S/C20H20ClN3O4/c1-4-12(2)28-18-15(21)9-13(10-17(18)27-3)11-22-24-19(25)14-7-5-6-8-16(14)23-20(24)26/h5-12H,4H2,1-3H3,(H,23,26)/t12-/m0/s1. The summed E-state index contributed by atoms with van der Waals surface area (Å²) < 4.78 is 11.9. The Morgan fingerprint density at radius 1 is 1.29 bits per heavy atom. The summed E-state index contributed by atoms with van der Waals surface area (Å²) in [5, 5.41) is 4.75. The second kappa shape index (κ2) is 8.31. The molecule has 1 atom stereocenters. The molecule has 0 saturated carbocycles. The summed E-state index contributed by atoms with van der Waals surface area (Å²) >= 11 is 6.33. The molecular weight excluding hydrogens is 382 g/mol. The van der Waals surface area contributed by atoms with Gasteiger partial charge in [-0.15, -0.1) is 4.68 Å². The number of nitrogens with zero attached hydrogens (tertiary/aromatic N) is 2. The Bertz CT molecular complexity index is 1150. The normalized spacial score (nSPS) is 12.4. The maximum Gasteiger partial charge on any atom is 0.349 e. The molecule has 1 N–H and O–H groups in total. The molecule has 0 aliphatic carbocycles. The summed E-state index contributed by atoms with van der Waals surface area (Å²) in [5.74, 6) is 0.880. The van der Waals surface area contributed by atoms with Crippen molar-refractivity contribution in [1.29, 1.82) is 0 Å². The molecule has 0 aliphatic heterocycles. The first-order chi connectivity index (χ1) is 13.4. The van der Waals surface area contributed by atoms with Crippen molar-refractivity contribution < 1.29 is 9.47 Å². The Balaban J connectivity index is 2.01. The summed E-state index contributed by atoms with van der Waals surface area (Å²) in [6, 6.07) is 10.0.